The first-order valence-electron chi connectivity index (χ1n) is 7.09. The topological polar surface area (TPSA) is 56.3 Å². The number of nitrogens with zero attached hydrogens (tertiary/aromatic N) is 2. The lowest BCUT2D eigenvalue weighted by atomic mass is 10.2. The lowest BCUT2D eigenvalue weighted by molar-refractivity contribution is 0.176. The highest BCUT2D eigenvalue weighted by atomic mass is 16.5. The molecule has 21 heavy (non-hydrogen) atoms. The van der Waals surface area contributed by atoms with Gasteiger partial charge in [0.2, 0.25) is 5.88 Å². The van der Waals surface area contributed by atoms with E-state index in [2.05, 4.69) is 34.3 Å². The fraction of sp³-hybridized carbons (Fsp3) is 0.375. The summed E-state index contributed by atoms with van der Waals surface area (Å²) >= 11 is 0. The highest BCUT2D eigenvalue weighted by molar-refractivity contribution is 5.39. The van der Waals surface area contributed by atoms with E-state index in [9.17, 15) is 0 Å². The number of methoxy groups -OCH3 is 1. The highest BCUT2D eigenvalue weighted by Gasteiger charge is 2.05. The van der Waals surface area contributed by atoms with Crippen molar-refractivity contribution in [3.63, 3.8) is 0 Å². The Hall–Kier alpha value is -2.14. The molecule has 0 aliphatic carbocycles. The number of hydrogen-bond acceptors (Lipinski definition) is 5. The molecule has 1 aromatic carbocycles. The molecule has 0 saturated heterocycles. The molecule has 0 unspecified atom stereocenters. The molecule has 112 valence electrons. The van der Waals surface area contributed by atoms with Gasteiger partial charge in [0, 0.05) is 19.7 Å². The van der Waals surface area contributed by atoms with Gasteiger partial charge in [-0.15, -0.1) is 0 Å². The largest absolute Gasteiger partial charge is 0.478 e. The van der Waals surface area contributed by atoms with E-state index < -0.39 is 0 Å². The van der Waals surface area contributed by atoms with E-state index in [1.54, 1.807) is 7.11 Å². The lowest BCUT2D eigenvalue weighted by Crippen LogP contribution is -2.07. The Kier molecular flexibility index (Phi) is 5.97. The summed E-state index contributed by atoms with van der Waals surface area (Å²) in [5, 5.41) is 3.29. The molecule has 1 heterocycles. The Morgan fingerprint density at radius 1 is 1.14 bits per heavy atom. The van der Waals surface area contributed by atoms with Gasteiger partial charge in [-0.25, -0.2) is 4.98 Å². The Morgan fingerprint density at radius 2 is 1.95 bits per heavy atom. The quantitative estimate of drug-likeness (QED) is 0.808. The molecule has 0 fully saturated rings. The average molecular weight is 287 g/mol. The molecule has 2 aromatic rings. The van der Waals surface area contributed by atoms with Gasteiger partial charge in [0.15, 0.2) is 5.82 Å². The molecule has 2 rings (SSSR count). The van der Waals surface area contributed by atoms with Crippen LogP contribution in [0.4, 0.5) is 5.82 Å². The van der Waals surface area contributed by atoms with E-state index in [-0.39, 0.29) is 0 Å². The molecular weight excluding hydrogens is 266 g/mol. The predicted molar refractivity (Wildman–Crippen MR) is 82.3 cm³/mol. The summed E-state index contributed by atoms with van der Waals surface area (Å²) in [6.07, 6.45) is 0.941. The summed E-state index contributed by atoms with van der Waals surface area (Å²) in [6.45, 7) is 3.77. The Balaban J connectivity index is 2.07. The van der Waals surface area contributed by atoms with Crippen LogP contribution in [-0.4, -0.2) is 23.7 Å². The van der Waals surface area contributed by atoms with Gasteiger partial charge >= 0.3 is 0 Å². The van der Waals surface area contributed by atoms with Crippen LogP contribution in [0.25, 0.3) is 0 Å². The second-order valence-electron chi connectivity index (χ2n) is 4.63. The van der Waals surface area contributed by atoms with Gasteiger partial charge in [-0.05, 0) is 12.0 Å². The SMILES string of the molecule is CCCOc1cc(NCc2ccccc2)nc(COC)n1. The number of aromatic nitrogens is 2. The van der Waals surface area contributed by atoms with Crippen LogP contribution in [0.2, 0.25) is 0 Å². The van der Waals surface area contributed by atoms with E-state index >= 15 is 0 Å². The van der Waals surface area contributed by atoms with Crippen LogP contribution in [0.15, 0.2) is 36.4 Å². The fourth-order valence-corrected chi connectivity index (χ4v) is 1.83. The molecule has 0 atom stereocenters. The van der Waals surface area contributed by atoms with Gasteiger partial charge in [0.05, 0.1) is 6.61 Å². The van der Waals surface area contributed by atoms with E-state index in [1.807, 2.05) is 24.3 Å². The second kappa shape index (κ2) is 8.21. The number of rotatable bonds is 8. The van der Waals surface area contributed by atoms with E-state index in [0.29, 0.717) is 31.5 Å². The molecule has 0 amide bonds. The number of hydrogen-bond donors (Lipinski definition) is 1. The van der Waals surface area contributed by atoms with Gasteiger partial charge in [-0.3, -0.25) is 0 Å². The normalized spacial score (nSPS) is 10.4. The van der Waals surface area contributed by atoms with Crippen molar-refractivity contribution in [2.75, 3.05) is 19.0 Å². The van der Waals surface area contributed by atoms with Crippen LogP contribution in [0.3, 0.4) is 0 Å². The van der Waals surface area contributed by atoms with Crippen LogP contribution in [0, 0.1) is 0 Å². The van der Waals surface area contributed by atoms with E-state index in [0.717, 1.165) is 12.2 Å². The molecule has 0 aliphatic heterocycles. The molecule has 5 heteroatoms. The van der Waals surface area contributed by atoms with Crippen molar-refractivity contribution in [3.8, 4) is 5.88 Å². The summed E-state index contributed by atoms with van der Waals surface area (Å²) in [7, 11) is 1.63. The van der Waals surface area contributed by atoms with Crippen LogP contribution >= 0.6 is 0 Å². The van der Waals surface area contributed by atoms with Gasteiger partial charge < -0.3 is 14.8 Å². The first-order chi connectivity index (χ1) is 10.3. The van der Waals surface area contributed by atoms with Crippen molar-refractivity contribution in [2.45, 2.75) is 26.5 Å². The number of ether oxygens (including phenoxy) is 2. The second-order valence-corrected chi connectivity index (χ2v) is 4.63. The maximum atomic E-state index is 5.59. The summed E-state index contributed by atoms with van der Waals surface area (Å²) in [5.41, 5.74) is 1.19. The molecule has 0 saturated carbocycles. The Labute approximate surface area is 125 Å². The van der Waals surface area contributed by atoms with Crippen molar-refractivity contribution in [3.05, 3.63) is 47.8 Å². The first kappa shape index (κ1) is 15.3. The maximum absolute atomic E-state index is 5.59. The lowest BCUT2D eigenvalue weighted by Gasteiger charge is -2.10. The van der Waals surface area contributed by atoms with Crippen molar-refractivity contribution in [1.29, 1.82) is 0 Å². The van der Waals surface area contributed by atoms with Crippen LogP contribution in [0.5, 0.6) is 5.88 Å². The molecule has 5 nitrogen and oxygen atoms in total. The zero-order chi connectivity index (χ0) is 14.9. The maximum Gasteiger partial charge on any atom is 0.218 e. The van der Waals surface area contributed by atoms with Crippen molar-refractivity contribution >= 4 is 5.82 Å². The van der Waals surface area contributed by atoms with Crippen molar-refractivity contribution < 1.29 is 9.47 Å². The highest BCUT2D eigenvalue weighted by Crippen LogP contribution is 2.15. The van der Waals surface area contributed by atoms with Gasteiger partial charge in [-0.2, -0.15) is 4.98 Å². The standard InChI is InChI=1S/C16H21N3O2/c1-3-9-21-16-10-14(18-15(19-16)12-20-2)17-11-13-7-5-4-6-8-13/h4-8,10H,3,9,11-12H2,1-2H3,(H,17,18,19). The summed E-state index contributed by atoms with van der Waals surface area (Å²) in [5.74, 6) is 1.93. The predicted octanol–water partition coefficient (Wildman–Crippen LogP) is 3.02. The molecular formula is C16H21N3O2. The van der Waals surface area contributed by atoms with Crippen molar-refractivity contribution in [2.24, 2.45) is 0 Å². The zero-order valence-corrected chi connectivity index (χ0v) is 12.5. The van der Waals surface area contributed by atoms with E-state index in [1.165, 1.54) is 5.56 Å². The molecule has 1 N–H and O–H groups in total. The summed E-state index contributed by atoms with van der Waals surface area (Å²) < 4.78 is 10.7. The van der Waals surface area contributed by atoms with Gasteiger partial charge in [0.25, 0.3) is 0 Å². The Morgan fingerprint density at radius 3 is 2.67 bits per heavy atom. The van der Waals surface area contributed by atoms with Crippen LogP contribution < -0.4 is 10.1 Å². The Bertz CT molecular complexity index is 546. The minimum atomic E-state index is 0.364. The van der Waals surface area contributed by atoms with Crippen molar-refractivity contribution in [1.82, 2.24) is 9.97 Å². The number of benzene rings is 1. The summed E-state index contributed by atoms with van der Waals surface area (Å²) in [4.78, 5) is 8.74. The third-order valence-corrected chi connectivity index (χ3v) is 2.79. The minimum Gasteiger partial charge on any atom is -0.478 e. The van der Waals surface area contributed by atoms with Gasteiger partial charge in [0.1, 0.15) is 12.4 Å². The molecule has 1 aromatic heterocycles. The van der Waals surface area contributed by atoms with Gasteiger partial charge in [-0.1, -0.05) is 37.3 Å². The fourth-order valence-electron chi connectivity index (χ4n) is 1.83. The van der Waals surface area contributed by atoms with Crippen LogP contribution in [0.1, 0.15) is 24.7 Å². The van der Waals surface area contributed by atoms with E-state index in [4.69, 9.17) is 9.47 Å². The first-order valence-corrected chi connectivity index (χ1v) is 7.09. The molecule has 0 spiro atoms. The smallest absolute Gasteiger partial charge is 0.218 e. The van der Waals surface area contributed by atoms with Crippen LogP contribution in [-0.2, 0) is 17.9 Å². The summed E-state index contributed by atoms with van der Waals surface area (Å²) in [6, 6.07) is 12.0. The minimum absolute atomic E-state index is 0.364. The number of nitrogens with one attached hydrogen (secondary N) is 1. The monoisotopic (exact) mass is 287 g/mol. The third-order valence-electron chi connectivity index (χ3n) is 2.79. The average Bonchev–Trinajstić information content (AvgIpc) is 2.52. The third kappa shape index (κ3) is 5.04. The molecule has 0 bridgehead atoms. The molecule has 0 radical (unpaired) electrons. The molecule has 0 aliphatic rings. The number of anilines is 1. The zero-order valence-electron chi connectivity index (χ0n) is 12.5.